The number of amides is 1. The van der Waals surface area contributed by atoms with E-state index in [2.05, 4.69) is 35.6 Å². The summed E-state index contributed by atoms with van der Waals surface area (Å²) in [4.78, 5) is 12.3. The van der Waals surface area contributed by atoms with Crippen LogP contribution >= 0.6 is 11.6 Å². The van der Waals surface area contributed by atoms with Gasteiger partial charge in [0.1, 0.15) is 0 Å². The number of rotatable bonds is 2. The Bertz CT molecular complexity index is 887. The van der Waals surface area contributed by atoms with Gasteiger partial charge in [-0.3, -0.25) is 4.79 Å². The van der Waals surface area contributed by atoms with Gasteiger partial charge < -0.3 is 5.32 Å². The molecule has 4 rings (SSSR count). The molecule has 0 radical (unpaired) electrons. The van der Waals surface area contributed by atoms with E-state index < -0.39 is 0 Å². The highest BCUT2D eigenvalue weighted by atomic mass is 35.5. The molecule has 118 valence electrons. The highest BCUT2D eigenvalue weighted by molar-refractivity contribution is 6.30. The maximum Gasteiger partial charge on any atom is 0.225 e. The zero-order valence-corrected chi connectivity index (χ0v) is 13.8. The smallest absolute Gasteiger partial charge is 0.225 e. The fourth-order valence-electron chi connectivity index (χ4n) is 3.34. The lowest BCUT2D eigenvalue weighted by molar-refractivity contribution is -0.116. The summed E-state index contributed by atoms with van der Waals surface area (Å²) in [6, 6.07) is 24.1. The minimum absolute atomic E-state index is 0.0471. The van der Waals surface area contributed by atoms with E-state index in [0.717, 1.165) is 27.9 Å². The first kappa shape index (κ1) is 15.0. The van der Waals surface area contributed by atoms with Gasteiger partial charge >= 0.3 is 0 Å². The molecule has 0 aliphatic carbocycles. The molecule has 2 nitrogen and oxygen atoms in total. The number of nitrogens with one attached hydrogen (secondary N) is 1. The van der Waals surface area contributed by atoms with Crippen LogP contribution in [0.2, 0.25) is 5.02 Å². The van der Waals surface area contributed by atoms with Crippen molar-refractivity contribution in [1.82, 2.24) is 0 Å². The van der Waals surface area contributed by atoms with Crippen LogP contribution < -0.4 is 5.32 Å². The summed E-state index contributed by atoms with van der Waals surface area (Å²) >= 11 is 6.01. The molecule has 0 aromatic heterocycles. The van der Waals surface area contributed by atoms with Crippen molar-refractivity contribution in [2.75, 3.05) is 5.32 Å². The SMILES string of the molecule is O=C1CC(c2ccc(Cl)cc2)c2cccc(-c3ccccc3)c2N1. The molecule has 3 heteroatoms. The van der Waals surface area contributed by atoms with Crippen molar-refractivity contribution in [2.45, 2.75) is 12.3 Å². The Hall–Kier alpha value is -2.58. The average molecular weight is 334 g/mol. The average Bonchev–Trinajstić information content (AvgIpc) is 2.62. The zero-order valence-electron chi connectivity index (χ0n) is 13.0. The molecule has 0 saturated heterocycles. The molecule has 3 aromatic rings. The van der Waals surface area contributed by atoms with Gasteiger partial charge in [-0.15, -0.1) is 0 Å². The summed E-state index contributed by atoms with van der Waals surface area (Å²) in [7, 11) is 0. The molecule has 1 aliphatic rings. The number of para-hydroxylation sites is 1. The quantitative estimate of drug-likeness (QED) is 0.661. The summed E-state index contributed by atoms with van der Waals surface area (Å²) in [6.07, 6.45) is 0.451. The van der Waals surface area contributed by atoms with Crippen LogP contribution in [0.4, 0.5) is 5.69 Å². The minimum Gasteiger partial charge on any atom is -0.325 e. The van der Waals surface area contributed by atoms with E-state index in [-0.39, 0.29) is 11.8 Å². The number of hydrogen-bond acceptors (Lipinski definition) is 1. The Labute approximate surface area is 146 Å². The third kappa shape index (κ3) is 2.70. The second-order valence-electron chi connectivity index (χ2n) is 5.99. The maximum atomic E-state index is 12.3. The number of benzene rings is 3. The summed E-state index contributed by atoms with van der Waals surface area (Å²) in [5, 5.41) is 3.78. The Morgan fingerprint density at radius 3 is 2.38 bits per heavy atom. The van der Waals surface area contributed by atoms with E-state index in [4.69, 9.17) is 11.6 Å². The second kappa shape index (κ2) is 6.14. The summed E-state index contributed by atoms with van der Waals surface area (Å²) in [5.74, 6) is 0.0977. The van der Waals surface area contributed by atoms with Crippen LogP contribution in [0.15, 0.2) is 72.8 Å². The van der Waals surface area contributed by atoms with Crippen LogP contribution in [-0.4, -0.2) is 5.91 Å². The Balaban J connectivity index is 1.86. The summed E-state index contributed by atoms with van der Waals surface area (Å²) in [6.45, 7) is 0. The fraction of sp³-hybridized carbons (Fsp3) is 0.0952. The largest absolute Gasteiger partial charge is 0.325 e. The first-order valence-corrected chi connectivity index (χ1v) is 8.34. The van der Waals surface area contributed by atoms with E-state index >= 15 is 0 Å². The normalized spacial score (nSPS) is 16.4. The van der Waals surface area contributed by atoms with Crippen LogP contribution in [0, 0.1) is 0 Å². The van der Waals surface area contributed by atoms with Gasteiger partial charge in [-0.1, -0.05) is 72.3 Å². The van der Waals surface area contributed by atoms with Gasteiger partial charge in [0.15, 0.2) is 0 Å². The molecule has 1 amide bonds. The van der Waals surface area contributed by atoms with Crippen molar-refractivity contribution >= 4 is 23.2 Å². The topological polar surface area (TPSA) is 29.1 Å². The standard InChI is InChI=1S/C21H16ClNO/c22-16-11-9-15(10-12-16)19-13-20(24)23-21-17(7-4-8-18(19)21)14-5-2-1-3-6-14/h1-12,19H,13H2,(H,23,24). The molecule has 1 heterocycles. The Kier molecular flexibility index (Phi) is 3.83. The number of fused-ring (bicyclic) bond motifs is 1. The lowest BCUT2D eigenvalue weighted by Crippen LogP contribution is -2.24. The van der Waals surface area contributed by atoms with Gasteiger partial charge in [0.25, 0.3) is 0 Å². The van der Waals surface area contributed by atoms with Gasteiger partial charge in [0, 0.05) is 22.9 Å². The first-order valence-electron chi connectivity index (χ1n) is 7.96. The highest BCUT2D eigenvalue weighted by Crippen LogP contribution is 2.42. The van der Waals surface area contributed by atoms with Crippen molar-refractivity contribution in [3.05, 3.63) is 88.9 Å². The van der Waals surface area contributed by atoms with E-state index in [1.807, 2.05) is 42.5 Å². The number of carbonyl (C=O) groups is 1. The predicted molar refractivity (Wildman–Crippen MR) is 98.4 cm³/mol. The lowest BCUT2D eigenvalue weighted by Gasteiger charge is -2.28. The molecule has 0 spiro atoms. The van der Waals surface area contributed by atoms with E-state index in [0.29, 0.717) is 11.4 Å². The highest BCUT2D eigenvalue weighted by Gasteiger charge is 2.28. The van der Waals surface area contributed by atoms with Crippen LogP contribution in [0.1, 0.15) is 23.5 Å². The molecule has 1 N–H and O–H groups in total. The minimum atomic E-state index is 0.0471. The molecule has 0 saturated carbocycles. The van der Waals surface area contributed by atoms with Crippen molar-refractivity contribution in [3.63, 3.8) is 0 Å². The lowest BCUT2D eigenvalue weighted by atomic mass is 9.83. The van der Waals surface area contributed by atoms with Crippen molar-refractivity contribution in [3.8, 4) is 11.1 Å². The van der Waals surface area contributed by atoms with Crippen molar-refractivity contribution < 1.29 is 4.79 Å². The fourth-order valence-corrected chi connectivity index (χ4v) is 3.46. The zero-order chi connectivity index (χ0) is 16.5. The van der Waals surface area contributed by atoms with E-state index in [1.165, 1.54) is 0 Å². The van der Waals surface area contributed by atoms with Crippen LogP contribution in [0.5, 0.6) is 0 Å². The maximum absolute atomic E-state index is 12.3. The third-order valence-electron chi connectivity index (χ3n) is 4.48. The number of carbonyl (C=O) groups excluding carboxylic acids is 1. The van der Waals surface area contributed by atoms with Gasteiger partial charge in [0.05, 0.1) is 5.69 Å². The van der Waals surface area contributed by atoms with Gasteiger partial charge in [-0.2, -0.15) is 0 Å². The number of anilines is 1. The van der Waals surface area contributed by atoms with E-state index in [9.17, 15) is 4.79 Å². The van der Waals surface area contributed by atoms with Crippen molar-refractivity contribution in [2.24, 2.45) is 0 Å². The Morgan fingerprint density at radius 1 is 0.875 bits per heavy atom. The van der Waals surface area contributed by atoms with E-state index in [1.54, 1.807) is 0 Å². The van der Waals surface area contributed by atoms with Gasteiger partial charge in [-0.25, -0.2) is 0 Å². The molecule has 1 atom stereocenters. The molecule has 3 aromatic carbocycles. The van der Waals surface area contributed by atoms with Crippen molar-refractivity contribution in [1.29, 1.82) is 0 Å². The molecule has 1 aliphatic heterocycles. The second-order valence-corrected chi connectivity index (χ2v) is 6.43. The molecule has 1 unspecified atom stereocenters. The van der Waals surface area contributed by atoms with Crippen LogP contribution in [0.3, 0.4) is 0 Å². The number of halogens is 1. The van der Waals surface area contributed by atoms with Crippen LogP contribution in [0.25, 0.3) is 11.1 Å². The summed E-state index contributed by atoms with van der Waals surface area (Å²) < 4.78 is 0. The molecule has 0 fully saturated rings. The van der Waals surface area contributed by atoms with Gasteiger partial charge in [-0.05, 0) is 28.8 Å². The molecular formula is C21H16ClNO. The third-order valence-corrected chi connectivity index (χ3v) is 4.74. The van der Waals surface area contributed by atoms with Gasteiger partial charge in [0.2, 0.25) is 5.91 Å². The number of hydrogen-bond donors (Lipinski definition) is 1. The predicted octanol–water partition coefficient (Wildman–Crippen LogP) is 5.48. The first-order chi connectivity index (χ1) is 11.7. The summed E-state index contributed by atoms with van der Waals surface area (Å²) in [5.41, 5.74) is 5.34. The Morgan fingerprint density at radius 2 is 1.62 bits per heavy atom. The monoisotopic (exact) mass is 333 g/mol. The molecular weight excluding hydrogens is 318 g/mol. The molecule has 24 heavy (non-hydrogen) atoms. The molecule has 0 bridgehead atoms. The van der Waals surface area contributed by atoms with Crippen LogP contribution in [-0.2, 0) is 4.79 Å².